The predicted molar refractivity (Wildman–Crippen MR) is 198 cm³/mol. The van der Waals surface area contributed by atoms with Crippen LogP contribution in [0, 0.1) is 0 Å². The number of nitrogens with zero attached hydrogens (tertiary/aromatic N) is 3. The molecule has 0 spiro atoms. The van der Waals surface area contributed by atoms with E-state index < -0.39 is 0 Å². The van der Waals surface area contributed by atoms with E-state index in [4.69, 9.17) is 9.97 Å². The summed E-state index contributed by atoms with van der Waals surface area (Å²) in [5.74, 6) is 0.734. The van der Waals surface area contributed by atoms with Crippen molar-refractivity contribution in [2.24, 2.45) is 0 Å². The lowest BCUT2D eigenvalue weighted by atomic mass is 9.74. The zero-order valence-electron chi connectivity index (χ0n) is 26.0. The highest BCUT2D eigenvalue weighted by atomic mass is 32.1. The summed E-state index contributed by atoms with van der Waals surface area (Å²) in [4.78, 5) is 10.2. The Morgan fingerprint density at radius 2 is 1.23 bits per heavy atom. The van der Waals surface area contributed by atoms with E-state index in [1.165, 1.54) is 53.6 Å². The Kier molecular flexibility index (Phi) is 5.50. The Morgan fingerprint density at radius 1 is 0.532 bits per heavy atom. The Labute approximate surface area is 276 Å². The molecule has 47 heavy (non-hydrogen) atoms. The zero-order chi connectivity index (χ0) is 31.3. The molecule has 0 saturated heterocycles. The molecule has 9 aromatic rings. The van der Waals surface area contributed by atoms with Crippen molar-refractivity contribution in [2.45, 2.75) is 19.3 Å². The molecule has 0 saturated carbocycles. The summed E-state index contributed by atoms with van der Waals surface area (Å²) in [7, 11) is 0. The van der Waals surface area contributed by atoms with Crippen LogP contribution in [-0.4, -0.2) is 14.5 Å². The van der Waals surface area contributed by atoms with Gasteiger partial charge in [0.2, 0.25) is 0 Å². The van der Waals surface area contributed by atoms with Crippen LogP contribution in [0.2, 0.25) is 0 Å². The van der Waals surface area contributed by atoms with Crippen LogP contribution in [0.1, 0.15) is 25.0 Å². The van der Waals surface area contributed by atoms with E-state index in [9.17, 15) is 0 Å². The predicted octanol–water partition coefficient (Wildman–Crippen LogP) is 11.6. The van der Waals surface area contributed by atoms with Crippen molar-refractivity contribution in [1.29, 1.82) is 0 Å². The van der Waals surface area contributed by atoms with Gasteiger partial charge in [-0.2, -0.15) is 0 Å². The minimum Gasteiger partial charge on any atom is -0.307 e. The fraction of sp³-hybridized carbons (Fsp3) is 0.0698. The summed E-state index contributed by atoms with van der Waals surface area (Å²) >= 11 is 1.91. The van der Waals surface area contributed by atoms with Gasteiger partial charge in [0.1, 0.15) is 0 Å². The lowest BCUT2D eigenvalue weighted by Gasteiger charge is -2.35. The summed E-state index contributed by atoms with van der Waals surface area (Å²) in [6.07, 6.45) is 0. The molecule has 1 aliphatic rings. The number of para-hydroxylation sites is 2. The number of thiophene rings is 1. The molecule has 0 N–H and O–H groups in total. The second kappa shape index (κ2) is 9.71. The van der Waals surface area contributed by atoms with Gasteiger partial charge in [0.25, 0.3) is 0 Å². The highest BCUT2D eigenvalue weighted by molar-refractivity contribution is 7.26. The van der Waals surface area contributed by atoms with Crippen molar-refractivity contribution in [3.05, 3.63) is 151 Å². The maximum atomic E-state index is 5.15. The first-order chi connectivity index (χ1) is 23.1. The molecule has 10 rings (SSSR count). The lowest BCUT2D eigenvalue weighted by Crippen LogP contribution is -2.26. The molecule has 0 unspecified atom stereocenters. The first kappa shape index (κ1) is 26.6. The van der Waals surface area contributed by atoms with E-state index in [0.29, 0.717) is 0 Å². The van der Waals surface area contributed by atoms with E-state index in [2.05, 4.69) is 146 Å². The van der Waals surface area contributed by atoms with Crippen LogP contribution in [0.15, 0.2) is 140 Å². The van der Waals surface area contributed by atoms with Gasteiger partial charge in [-0.3, -0.25) is 0 Å². The van der Waals surface area contributed by atoms with Crippen LogP contribution in [0.4, 0.5) is 0 Å². The minimum absolute atomic E-state index is 0.166. The third-order valence-electron chi connectivity index (χ3n) is 9.99. The Bertz CT molecular complexity index is 2710. The first-order valence-corrected chi connectivity index (χ1v) is 16.9. The van der Waals surface area contributed by atoms with Crippen molar-refractivity contribution in [3.8, 4) is 39.5 Å². The van der Waals surface area contributed by atoms with Gasteiger partial charge in [0, 0.05) is 37.4 Å². The molecular weight excluding hydrogens is 591 g/mol. The quantitative estimate of drug-likeness (QED) is 0.197. The summed E-state index contributed by atoms with van der Waals surface area (Å²) in [5.41, 5.74) is 12.8. The van der Waals surface area contributed by atoms with Crippen LogP contribution < -0.4 is 0 Å². The topological polar surface area (TPSA) is 30.7 Å². The zero-order valence-corrected chi connectivity index (χ0v) is 26.8. The monoisotopic (exact) mass is 619 g/mol. The van der Waals surface area contributed by atoms with Gasteiger partial charge in [-0.15, -0.1) is 11.3 Å². The number of aromatic nitrogens is 3. The molecule has 3 aromatic heterocycles. The van der Waals surface area contributed by atoms with Crippen LogP contribution in [-0.2, 0) is 5.41 Å². The average molecular weight is 620 g/mol. The molecule has 0 amide bonds. The van der Waals surface area contributed by atoms with Crippen molar-refractivity contribution in [1.82, 2.24) is 14.5 Å². The number of hydrogen-bond donors (Lipinski definition) is 0. The van der Waals surface area contributed by atoms with Gasteiger partial charge >= 0.3 is 0 Å². The maximum absolute atomic E-state index is 5.15. The SMILES string of the molecule is CC1(C)c2cc(-c3cccc(-c4nc(-c5ccccc5)c5ccccc5n4)c3)ccc2-n2c3c1cccc3c1sc3ccccc3c12. The number of benzene rings is 6. The van der Waals surface area contributed by atoms with Crippen molar-refractivity contribution >= 4 is 53.4 Å². The van der Waals surface area contributed by atoms with Crippen LogP contribution in [0.5, 0.6) is 0 Å². The fourth-order valence-corrected chi connectivity index (χ4v) is 8.89. The summed E-state index contributed by atoms with van der Waals surface area (Å²) in [6, 6.07) is 50.1. The highest BCUT2D eigenvalue weighted by Crippen LogP contribution is 2.51. The normalized spacial score (nSPS) is 13.5. The molecule has 0 fully saturated rings. The summed E-state index contributed by atoms with van der Waals surface area (Å²) in [6.45, 7) is 4.75. The van der Waals surface area contributed by atoms with Crippen molar-refractivity contribution < 1.29 is 0 Å². The molecule has 0 radical (unpaired) electrons. The van der Waals surface area contributed by atoms with Gasteiger partial charge in [0.15, 0.2) is 5.82 Å². The minimum atomic E-state index is -0.166. The smallest absolute Gasteiger partial charge is 0.160 e. The molecule has 0 atom stereocenters. The largest absolute Gasteiger partial charge is 0.307 e. The second-order valence-electron chi connectivity index (χ2n) is 13.0. The van der Waals surface area contributed by atoms with Gasteiger partial charge < -0.3 is 4.57 Å². The summed E-state index contributed by atoms with van der Waals surface area (Å²) < 4.78 is 5.24. The average Bonchev–Trinajstić information content (AvgIpc) is 3.66. The van der Waals surface area contributed by atoms with E-state index in [1.807, 2.05) is 23.5 Å². The fourth-order valence-electron chi connectivity index (χ4n) is 7.68. The molecule has 4 heterocycles. The van der Waals surface area contributed by atoms with Crippen molar-refractivity contribution in [3.63, 3.8) is 0 Å². The van der Waals surface area contributed by atoms with Crippen LogP contribution in [0.3, 0.4) is 0 Å². The van der Waals surface area contributed by atoms with Crippen LogP contribution in [0.25, 0.3) is 81.6 Å². The molecule has 1 aliphatic heterocycles. The Hall–Kier alpha value is -5.58. The molecule has 3 nitrogen and oxygen atoms in total. The summed E-state index contributed by atoms with van der Waals surface area (Å²) in [5, 5.41) is 3.73. The molecule has 4 heteroatoms. The van der Waals surface area contributed by atoms with Gasteiger partial charge in [-0.1, -0.05) is 123 Å². The standard InChI is InChI=1S/C43H29N3S/c1-43(2)33-19-11-18-32-39(33)46(40-31-17-7-9-21-37(31)47-41(32)40)36-23-22-28(25-34(36)43)27-14-10-15-29(24-27)42-44-35-20-8-6-16-30(35)38(45-42)26-12-4-3-5-13-26/h3-25H,1-2H3. The Morgan fingerprint density at radius 3 is 2.13 bits per heavy atom. The second-order valence-corrected chi connectivity index (χ2v) is 14.1. The molecule has 0 aliphatic carbocycles. The van der Waals surface area contributed by atoms with E-state index in [-0.39, 0.29) is 5.41 Å². The molecule has 0 bridgehead atoms. The molecule has 222 valence electrons. The number of hydrogen-bond acceptors (Lipinski definition) is 3. The van der Waals surface area contributed by atoms with E-state index in [0.717, 1.165) is 39.1 Å². The third-order valence-corrected chi connectivity index (χ3v) is 11.2. The maximum Gasteiger partial charge on any atom is 0.160 e. The van der Waals surface area contributed by atoms with Crippen LogP contribution >= 0.6 is 11.3 Å². The first-order valence-electron chi connectivity index (χ1n) is 16.1. The number of rotatable bonds is 3. The Balaban J connectivity index is 1.16. The van der Waals surface area contributed by atoms with Gasteiger partial charge in [-0.25, -0.2) is 9.97 Å². The molecule has 6 aromatic carbocycles. The van der Waals surface area contributed by atoms with E-state index >= 15 is 0 Å². The van der Waals surface area contributed by atoms with E-state index in [1.54, 1.807) is 0 Å². The highest BCUT2D eigenvalue weighted by Gasteiger charge is 2.36. The van der Waals surface area contributed by atoms with Gasteiger partial charge in [-0.05, 0) is 52.6 Å². The van der Waals surface area contributed by atoms with Crippen molar-refractivity contribution in [2.75, 3.05) is 0 Å². The molecular formula is C43H29N3S. The lowest BCUT2D eigenvalue weighted by molar-refractivity contribution is 0.630. The van der Waals surface area contributed by atoms with Gasteiger partial charge in [0.05, 0.1) is 32.6 Å². The third kappa shape index (κ3) is 3.79. The number of fused-ring (bicyclic) bond motifs is 8.